The number of halogens is 6. The molecular formula is C58H52F6N6O6. The Morgan fingerprint density at radius 1 is 0.566 bits per heavy atom. The standard InChI is InChI=1S/C31H30F3N3O3.C27H22F3N3O3/c1-18-7-5-6-8-23(18)24-12-11-21(16-25(24)31(32,33)34)28-35-27(36-40-28)20-10-9-19-13-14-37(17-22(19)15-20)26(29(38)39)30(2,3)4;1-16-4-2-3-5-21(16)22-9-8-19(13-23(22)27(28,29)30)26-31-25(32-36-26)18-7-6-17-10-11-33(15-24(34)35)14-20(17)12-18/h5-12,15-16,26H,13-14,17H2,1-4H3,(H,38,39);2-9,12-13H,10-11,14-15H2,1H3,(H,34,35). The van der Waals surface area contributed by atoms with Crippen molar-refractivity contribution in [1.29, 1.82) is 0 Å². The highest BCUT2D eigenvalue weighted by atomic mass is 19.4. The van der Waals surface area contributed by atoms with E-state index in [4.69, 9.17) is 14.2 Å². The summed E-state index contributed by atoms with van der Waals surface area (Å²) in [5, 5.41) is 27.0. The van der Waals surface area contributed by atoms with E-state index in [2.05, 4.69) is 20.3 Å². The maximum atomic E-state index is 14.1. The SMILES string of the molecule is Cc1ccccc1-c1ccc(-c2nc(-c3ccc4c(c3)CN(C(C(=O)O)C(C)(C)C)CC4)no2)cc1C(F)(F)F.Cc1ccccc1-c1ccc(-c2nc(-c3ccc4c(c3)CN(CC(=O)O)CC4)no2)cc1C(F)(F)F. The van der Waals surface area contributed by atoms with E-state index in [1.807, 2.05) is 67.0 Å². The zero-order valence-electron chi connectivity index (χ0n) is 42.1. The molecule has 2 aliphatic rings. The number of carboxylic acid groups (broad SMARTS) is 2. The van der Waals surface area contributed by atoms with Gasteiger partial charge in [-0.25, -0.2) is 0 Å². The Morgan fingerprint density at radius 3 is 1.45 bits per heavy atom. The summed E-state index contributed by atoms with van der Waals surface area (Å²) >= 11 is 0. The predicted molar refractivity (Wildman–Crippen MR) is 272 cm³/mol. The van der Waals surface area contributed by atoms with Gasteiger partial charge < -0.3 is 19.3 Å². The summed E-state index contributed by atoms with van der Waals surface area (Å²) in [4.78, 5) is 35.7. The maximum absolute atomic E-state index is 14.1. The normalized spacial score (nSPS) is 14.6. The molecule has 0 fully saturated rings. The second-order valence-electron chi connectivity index (χ2n) is 20.1. The lowest BCUT2D eigenvalue weighted by Crippen LogP contribution is -2.51. The van der Waals surface area contributed by atoms with E-state index in [9.17, 15) is 41.0 Å². The summed E-state index contributed by atoms with van der Waals surface area (Å²) in [6.07, 6.45) is -7.72. The lowest BCUT2D eigenvalue weighted by Gasteiger charge is -2.39. The average Bonchev–Trinajstić information content (AvgIpc) is 4.07. The number of fused-ring (bicyclic) bond motifs is 2. The summed E-state index contributed by atoms with van der Waals surface area (Å²) < 4.78 is 95.0. The first-order valence-electron chi connectivity index (χ1n) is 24.4. The fraction of sp³-hybridized carbons (Fsp3) is 0.276. The van der Waals surface area contributed by atoms with E-state index in [-0.39, 0.29) is 52.2 Å². The van der Waals surface area contributed by atoms with Crippen LogP contribution in [-0.4, -0.2) is 77.9 Å². The topological polar surface area (TPSA) is 159 Å². The highest BCUT2D eigenvalue weighted by Crippen LogP contribution is 2.43. The van der Waals surface area contributed by atoms with Crippen molar-refractivity contribution in [1.82, 2.24) is 30.1 Å². The molecule has 0 radical (unpaired) electrons. The van der Waals surface area contributed by atoms with Crippen molar-refractivity contribution in [2.45, 2.75) is 78.9 Å². The number of carboxylic acids is 2. The third-order valence-electron chi connectivity index (χ3n) is 13.7. The Labute approximate surface area is 433 Å². The summed E-state index contributed by atoms with van der Waals surface area (Å²) in [5.41, 5.74) is 6.46. The summed E-state index contributed by atoms with van der Waals surface area (Å²) in [5.74, 6) is -1.28. The molecule has 0 bridgehead atoms. The van der Waals surface area contributed by atoms with Gasteiger partial charge in [0.15, 0.2) is 0 Å². The second-order valence-corrected chi connectivity index (χ2v) is 20.1. The van der Waals surface area contributed by atoms with Gasteiger partial charge in [-0.3, -0.25) is 19.4 Å². The van der Waals surface area contributed by atoms with Gasteiger partial charge >= 0.3 is 24.3 Å². The van der Waals surface area contributed by atoms with Gasteiger partial charge in [-0.05, 0) is 124 Å². The Balaban J connectivity index is 0.000000187. The third-order valence-corrected chi connectivity index (χ3v) is 13.7. The second kappa shape index (κ2) is 21.0. The van der Waals surface area contributed by atoms with Crippen LogP contribution in [0.3, 0.4) is 0 Å². The van der Waals surface area contributed by atoms with Crippen molar-refractivity contribution in [3.63, 3.8) is 0 Å². The van der Waals surface area contributed by atoms with Crippen LogP contribution in [0.4, 0.5) is 26.3 Å². The maximum Gasteiger partial charge on any atom is 0.417 e. The molecule has 392 valence electrons. The van der Waals surface area contributed by atoms with Gasteiger partial charge in [0.25, 0.3) is 11.8 Å². The molecule has 2 aromatic heterocycles. The molecule has 10 rings (SSSR count). The molecule has 2 aliphatic heterocycles. The molecule has 0 spiro atoms. The van der Waals surface area contributed by atoms with E-state index in [1.54, 1.807) is 74.5 Å². The fourth-order valence-electron chi connectivity index (χ4n) is 10.1. The monoisotopic (exact) mass is 1040 g/mol. The van der Waals surface area contributed by atoms with Gasteiger partial charge in [0.05, 0.1) is 17.7 Å². The van der Waals surface area contributed by atoms with Gasteiger partial charge in [-0.2, -0.15) is 36.3 Å². The minimum atomic E-state index is -4.58. The number of rotatable bonds is 10. The van der Waals surface area contributed by atoms with Gasteiger partial charge in [0, 0.05) is 48.4 Å². The number of alkyl halides is 6. The molecule has 8 aromatic rings. The zero-order chi connectivity index (χ0) is 54.3. The molecule has 6 aromatic carbocycles. The molecule has 4 heterocycles. The number of nitrogens with zero attached hydrogens (tertiary/aromatic N) is 6. The number of aromatic nitrogens is 4. The van der Waals surface area contributed by atoms with Crippen molar-refractivity contribution in [2.75, 3.05) is 19.6 Å². The minimum absolute atomic E-state index is 0.0166. The first-order valence-corrected chi connectivity index (χ1v) is 24.4. The smallest absolute Gasteiger partial charge is 0.417 e. The molecule has 0 saturated carbocycles. The lowest BCUT2D eigenvalue weighted by molar-refractivity contribution is -0.148. The molecule has 0 amide bonds. The van der Waals surface area contributed by atoms with E-state index in [1.165, 1.54) is 12.1 Å². The Kier molecular flexibility index (Phi) is 14.6. The minimum Gasteiger partial charge on any atom is -0.480 e. The first-order chi connectivity index (χ1) is 36.0. The van der Waals surface area contributed by atoms with Crippen molar-refractivity contribution < 1.29 is 55.2 Å². The Hall–Kier alpha value is -7.96. The molecule has 0 saturated heterocycles. The van der Waals surface area contributed by atoms with Gasteiger partial charge in [-0.1, -0.05) is 116 Å². The molecule has 1 unspecified atom stereocenters. The molecule has 12 nitrogen and oxygen atoms in total. The van der Waals surface area contributed by atoms with Crippen LogP contribution in [0.1, 0.15) is 65.3 Å². The van der Waals surface area contributed by atoms with Crippen LogP contribution in [0.2, 0.25) is 0 Å². The van der Waals surface area contributed by atoms with Crippen LogP contribution in [0.5, 0.6) is 0 Å². The highest BCUT2D eigenvalue weighted by Gasteiger charge is 2.39. The molecule has 76 heavy (non-hydrogen) atoms. The van der Waals surface area contributed by atoms with Crippen molar-refractivity contribution in [3.05, 3.63) is 166 Å². The first kappa shape index (κ1) is 52.9. The number of aryl methyl sites for hydroxylation is 2. The largest absolute Gasteiger partial charge is 0.480 e. The number of carbonyl (C=O) groups is 2. The molecular weight excluding hydrogens is 991 g/mol. The average molecular weight is 1040 g/mol. The van der Waals surface area contributed by atoms with Crippen molar-refractivity contribution in [3.8, 4) is 67.9 Å². The lowest BCUT2D eigenvalue weighted by atomic mass is 9.84. The number of hydrogen-bond acceptors (Lipinski definition) is 10. The fourth-order valence-corrected chi connectivity index (χ4v) is 10.1. The van der Waals surface area contributed by atoms with Gasteiger partial charge in [0.2, 0.25) is 11.6 Å². The summed E-state index contributed by atoms with van der Waals surface area (Å²) in [6.45, 7) is 11.5. The van der Waals surface area contributed by atoms with Crippen molar-refractivity contribution in [2.24, 2.45) is 5.41 Å². The van der Waals surface area contributed by atoms with E-state index in [0.29, 0.717) is 54.9 Å². The van der Waals surface area contributed by atoms with Crippen LogP contribution in [0, 0.1) is 19.3 Å². The number of hydrogen-bond donors (Lipinski definition) is 2. The molecule has 2 N–H and O–H groups in total. The van der Waals surface area contributed by atoms with Crippen LogP contribution >= 0.6 is 0 Å². The van der Waals surface area contributed by atoms with Crippen molar-refractivity contribution >= 4 is 11.9 Å². The third kappa shape index (κ3) is 11.5. The Morgan fingerprint density at radius 2 is 1.01 bits per heavy atom. The number of aliphatic carboxylic acids is 2. The summed E-state index contributed by atoms with van der Waals surface area (Å²) in [6, 6.07) is 32.6. The predicted octanol–water partition coefficient (Wildman–Crippen LogP) is 13.1. The van der Waals surface area contributed by atoms with E-state index >= 15 is 0 Å². The summed E-state index contributed by atoms with van der Waals surface area (Å²) in [7, 11) is 0. The van der Waals surface area contributed by atoms with Crippen LogP contribution < -0.4 is 0 Å². The van der Waals surface area contributed by atoms with Crippen LogP contribution in [0.25, 0.3) is 67.9 Å². The quantitative estimate of drug-likeness (QED) is 0.125. The van der Waals surface area contributed by atoms with E-state index in [0.717, 1.165) is 51.9 Å². The van der Waals surface area contributed by atoms with Crippen LogP contribution in [0.15, 0.2) is 130 Å². The zero-order valence-corrected chi connectivity index (χ0v) is 42.1. The number of benzene rings is 6. The molecule has 1 atom stereocenters. The Bertz CT molecular complexity index is 3470. The van der Waals surface area contributed by atoms with Gasteiger partial charge in [-0.15, -0.1) is 0 Å². The van der Waals surface area contributed by atoms with Crippen LogP contribution in [-0.2, 0) is 47.9 Å². The van der Waals surface area contributed by atoms with E-state index < -0.39 is 46.9 Å². The molecule has 0 aliphatic carbocycles. The van der Waals surface area contributed by atoms with Gasteiger partial charge in [0.1, 0.15) is 6.04 Å². The molecule has 18 heteroatoms. The highest BCUT2D eigenvalue weighted by molar-refractivity contribution is 5.77.